The van der Waals surface area contributed by atoms with Crippen molar-refractivity contribution >= 4 is 11.8 Å². The fourth-order valence-corrected chi connectivity index (χ4v) is 2.71. The Morgan fingerprint density at radius 3 is 2.33 bits per heavy atom. The Balaban J connectivity index is 2.15. The summed E-state index contributed by atoms with van der Waals surface area (Å²) >= 11 is 2.07. The molecule has 0 saturated carbocycles. The number of hydrogen-bond acceptors (Lipinski definition) is 2. The van der Waals surface area contributed by atoms with Crippen LogP contribution < -0.4 is 0 Å². The summed E-state index contributed by atoms with van der Waals surface area (Å²) in [4.78, 5) is 2.39. The molecule has 0 aliphatic carbocycles. The predicted molar refractivity (Wildman–Crippen MR) is 41.8 cm³/mol. The second-order valence-electron chi connectivity index (χ2n) is 2.87. The Labute approximate surface area is 60.1 Å². The molecule has 0 unspecified atom stereocenters. The van der Waals surface area contributed by atoms with E-state index in [0.717, 1.165) is 0 Å². The van der Waals surface area contributed by atoms with Crippen molar-refractivity contribution in [1.29, 1.82) is 0 Å². The highest BCUT2D eigenvalue weighted by atomic mass is 32.2. The Kier molecular flexibility index (Phi) is 1.31. The molecule has 1 nitrogen and oxygen atoms in total. The summed E-state index contributed by atoms with van der Waals surface area (Å²) in [5.74, 6) is 2.61. The molecule has 0 amide bonds. The van der Waals surface area contributed by atoms with Crippen molar-refractivity contribution in [3.8, 4) is 0 Å². The zero-order valence-electron chi connectivity index (χ0n) is 5.68. The molecule has 2 aliphatic rings. The molecule has 0 atom stereocenters. The number of hydrogen-bond donors (Lipinski definition) is 0. The summed E-state index contributed by atoms with van der Waals surface area (Å²) in [6, 6.07) is 0. The number of nitrogens with zero attached hydrogens (tertiary/aromatic N) is 1. The van der Waals surface area contributed by atoms with Gasteiger partial charge in [-0.15, -0.1) is 0 Å². The monoisotopic (exact) mass is 141 g/mol. The zero-order chi connectivity index (χ0) is 6.27. The van der Waals surface area contributed by atoms with Gasteiger partial charge in [0.15, 0.2) is 0 Å². The van der Waals surface area contributed by atoms with Gasteiger partial charge < -0.3 is 0 Å². The molecular weight excluding hydrogens is 130 g/mol. The minimum Gasteiger partial charge on any atom is -0.298 e. The molecule has 0 aromatic heterocycles. The van der Waals surface area contributed by atoms with Gasteiger partial charge in [0.1, 0.15) is 0 Å². The Hall–Kier alpha value is 0.0500. The molecule has 0 aromatic carbocycles. The third-order valence-corrected chi connectivity index (χ3v) is 3.08. The minimum absolute atomic E-state index is 1.24. The van der Waals surface area contributed by atoms with Gasteiger partial charge >= 0.3 is 0 Å². The fourth-order valence-electron chi connectivity index (χ4n) is 1.52. The summed E-state index contributed by atoms with van der Waals surface area (Å²) in [7, 11) is 2.20. The Morgan fingerprint density at radius 2 is 1.78 bits per heavy atom. The SMILES string of the molecule is CN1CC2=C(CSC2)C1. The van der Waals surface area contributed by atoms with Crippen LogP contribution in [0.2, 0.25) is 0 Å². The Bertz CT molecular complexity index is 146. The number of thioether (sulfide) groups is 1. The molecule has 2 aliphatic heterocycles. The van der Waals surface area contributed by atoms with Crippen LogP contribution in [0, 0.1) is 0 Å². The maximum Gasteiger partial charge on any atom is 0.0205 e. The van der Waals surface area contributed by atoms with Gasteiger partial charge in [-0.3, -0.25) is 4.90 Å². The van der Waals surface area contributed by atoms with Crippen molar-refractivity contribution in [2.24, 2.45) is 0 Å². The van der Waals surface area contributed by atoms with Crippen LogP contribution >= 0.6 is 11.8 Å². The molecule has 0 N–H and O–H groups in total. The number of rotatable bonds is 0. The van der Waals surface area contributed by atoms with E-state index in [1.54, 1.807) is 11.1 Å². The lowest BCUT2D eigenvalue weighted by molar-refractivity contribution is 0.424. The molecule has 0 aromatic rings. The average Bonchev–Trinajstić information content (AvgIpc) is 2.22. The van der Waals surface area contributed by atoms with Gasteiger partial charge in [-0.2, -0.15) is 11.8 Å². The highest BCUT2D eigenvalue weighted by molar-refractivity contribution is 7.99. The summed E-state index contributed by atoms with van der Waals surface area (Å²) < 4.78 is 0. The van der Waals surface area contributed by atoms with Crippen LogP contribution in [0.4, 0.5) is 0 Å². The first-order valence-electron chi connectivity index (χ1n) is 3.32. The average molecular weight is 141 g/mol. The van der Waals surface area contributed by atoms with E-state index in [2.05, 4.69) is 23.7 Å². The van der Waals surface area contributed by atoms with Gasteiger partial charge in [-0.05, 0) is 18.2 Å². The van der Waals surface area contributed by atoms with Gasteiger partial charge in [0.05, 0.1) is 0 Å². The number of likely N-dealkylation sites (N-methyl/N-ethyl adjacent to an activating group) is 1. The lowest BCUT2D eigenvalue weighted by Crippen LogP contribution is -2.16. The van der Waals surface area contributed by atoms with Crippen molar-refractivity contribution in [2.45, 2.75) is 0 Å². The third-order valence-electron chi connectivity index (χ3n) is 1.97. The highest BCUT2D eigenvalue weighted by Gasteiger charge is 2.22. The van der Waals surface area contributed by atoms with Crippen LogP contribution in [0.15, 0.2) is 11.1 Å². The molecule has 0 spiro atoms. The first-order valence-corrected chi connectivity index (χ1v) is 4.48. The maximum atomic E-state index is 2.39. The normalized spacial score (nSPS) is 27.7. The first kappa shape index (κ1) is 5.81. The Morgan fingerprint density at radius 1 is 1.22 bits per heavy atom. The minimum atomic E-state index is 1.24. The molecule has 9 heavy (non-hydrogen) atoms. The molecule has 2 heteroatoms. The molecule has 0 bridgehead atoms. The van der Waals surface area contributed by atoms with Gasteiger partial charge in [0.2, 0.25) is 0 Å². The first-order chi connectivity index (χ1) is 4.36. The fraction of sp³-hybridized carbons (Fsp3) is 0.714. The van der Waals surface area contributed by atoms with E-state index in [1.807, 2.05) is 0 Å². The second-order valence-corrected chi connectivity index (χ2v) is 3.86. The van der Waals surface area contributed by atoms with Crippen molar-refractivity contribution in [3.05, 3.63) is 11.1 Å². The molecule has 0 radical (unpaired) electrons. The van der Waals surface area contributed by atoms with Crippen LogP contribution in [0.25, 0.3) is 0 Å². The summed E-state index contributed by atoms with van der Waals surface area (Å²) in [5.41, 5.74) is 3.42. The quantitative estimate of drug-likeness (QED) is 0.463. The second kappa shape index (κ2) is 2.03. The molecule has 2 rings (SSSR count). The van der Waals surface area contributed by atoms with Crippen LogP contribution in [0.5, 0.6) is 0 Å². The maximum absolute atomic E-state index is 2.39. The van der Waals surface area contributed by atoms with E-state index in [1.165, 1.54) is 24.6 Å². The van der Waals surface area contributed by atoms with Crippen molar-refractivity contribution < 1.29 is 0 Å². The van der Waals surface area contributed by atoms with Crippen LogP contribution in [0.3, 0.4) is 0 Å². The van der Waals surface area contributed by atoms with Crippen molar-refractivity contribution in [3.63, 3.8) is 0 Å². The van der Waals surface area contributed by atoms with Gasteiger partial charge in [-0.25, -0.2) is 0 Å². The standard InChI is InChI=1S/C7H11NS/c1-8-2-6-4-9-5-7(6)3-8/h2-5H2,1H3. The van der Waals surface area contributed by atoms with Crippen LogP contribution in [0.1, 0.15) is 0 Å². The molecule has 0 fully saturated rings. The van der Waals surface area contributed by atoms with Gasteiger partial charge in [0, 0.05) is 24.6 Å². The van der Waals surface area contributed by atoms with Crippen LogP contribution in [-0.4, -0.2) is 36.5 Å². The zero-order valence-corrected chi connectivity index (χ0v) is 6.50. The van der Waals surface area contributed by atoms with E-state index in [0.29, 0.717) is 0 Å². The lowest BCUT2D eigenvalue weighted by Gasteiger charge is -2.08. The van der Waals surface area contributed by atoms with E-state index >= 15 is 0 Å². The highest BCUT2D eigenvalue weighted by Crippen LogP contribution is 2.29. The summed E-state index contributed by atoms with van der Waals surface area (Å²) in [5, 5.41) is 0. The van der Waals surface area contributed by atoms with E-state index < -0.39 is 0 Å². The third kappa shape index (κ3) is 0.904. The van der Waals surface area contributed by atoms with Gasteiger partial charge in [-0.1, -0.05) is 0 Å². The molecule has 50 valence electrons. The largest absolute Gasteiger partial charge is 0.298 e. The van der Waals surface area contributed by atoms with Crippen molar-refractivity contribution in [2.75, 3.05) is 31.6 Å². The summed E-state index contributed by atoms with van der Waals surface area (Å²) in [6.45, 7) is 2.48. The predicted octanol–water partition coefficient (Wildman–Crippen LogP) is 0.975. The smallest absolute Gasteiger partial charge is 0.0205 e. The van der Waals surface area contributed by atoms with Gasteiger partial charge in [0.25, 0.3) is 0 Å². The van der Waals surface area contributed by atoms with E-state index in [4.69, 9.17) is 0 Å². The van der Waals surface area contributed by atoms with E-state index in [9.17, 15) is 0 Å². The molecule has 0 saturated heterocycles. The summed E-state index contributed by atoms with van der Waals surface area (Å²) in [6.07, 6.45) is 0. The topological polar surface area (TPSA) is 3.24 Å². The van der Waals surface area contributed by atoms with Crippen LogP contribution in [-0.2, 0) is 0 Å². The lowest BCUT2D eigenvalue weighted by atomic mass is 10.2. The van der Waals surface area contributed by atoms with E-state index in [-0.39, 0.29) is 0 Å². The molecule has 2 heterocycles. The van der Waals surface area contributed by atoms with Crippen molar-refractivity contribution in [1.82, 2.24) is 4.90 Å². The molecular formula is C7H11NS.